The van der Waals surface area contributed by atoms with E-state index in [4.69, 9.17) is 25.1 Å². The zero-order chi connectivity index (χ0) is 41.3. The van der Waals surface area contributed by atoms with E-state index in [1.807, 2.05) is 0 Å². The molecule has 22 heteroatoms. The highest BCUT2D eigenvalue weighted by molar-refractivity contribution is 5.94. The van der Waals surface area contributed by atoms with Crippen LogP contribution < -0.4 is 37.6 Å². The first-order chi connectivity index (χ1) is 25.3. The summed E-state index contributed by atoms with van der Waals surface area (Å²) < 4.78 is 16.4. The second-order valence-corrected chi connectivity index (χ2v) is 12.8. The van der Waals surface area contributed by atoms with Gasteiger partial charge in [-0.05, 0) is 59.9 Å². The van der Waals surface area contributed by atoms with Crippen LogP contribution in [-0.2, 0) is 52.6 Å². The lowest BCUT2D eigenvalue weighted by Gasteiger charge is -2.44. The first-order valence-electron chi connectivity index (χ1n) is 17.3. The molecule has 0 saturated carbocycles. The lowest BCUT2D eigenvalue weighted by Crippen LogP contribution is -2.66. The number of carbonyl (C=O) groups is 8. The number of aliphatic carboxylic acids is 2. The number of aliphatic hydroxyl groups is 2. The summed E-state index contributed by atoms with van der Waals surface area (Å²) in [4.78, 5) is 98.8. The van der Waals surface area contributed by atoms with Crippen LogP contribution in [0.25, 0.3) is 0 Å². The highest BCUT2D eigenvalue weighted by atomic mass is 16.7. The Bertz CT molecular complexity index is 1320. The lowest BCUT2D eigenvalue weighted by molar-refractivity contribution is -0.273. The van der Waals surface area contributed by atoms with E-state index >= 15 is 0 Å². The quantitative estimate of drug-likeness (QED) is 0.0436. The number of rotatable bonds is 23. The Labute approximate surface area is 311 Å². The number of hydrogen-bond acceptors (Lipinski definition) is 14. The topological polar surface area (TPSA) is 343 Å². The summed E-state index contributed by atoms with van der Waals surface area (Å²) in [5.41, 5.74) is 5.53. The fourth-order valence-electron chi connectivity index (χ4n) is 5.15. The number of carboxylic acid groups (broad SMARTS) is 2. The first kappa shape index (κ1) is 47.5. The highest BCUT2D eigenvalue weighted by Gasteiger charge is 2.47. The summed E-state index contributed by atoms with van der Waals surface area (Å²) in [6.07, 6.45) is -6.37. The van der Waals surface area contributed by atoms with Gasteiger partial charge in [-0.2, -0.15) is 0 Å². The van der Waals surface area contributed by atoms with Crippen LogP contribution in [0.3, 0.4) is 0 Å². The molecule has 12 N–H and O–H groups in total. The number of methoxy groups -OCH3 is 1. The van der Waals surface area contributed by atoms with Crippen LogP contribution in [0.1, 0.15) is 66.7 Å². The maximum absolute atomic E-state index is 13.0. The summed E-state index contributed by atoms with van der Waals surface area (Å²) >= 11 is 0. The summed E-state index contributed by atoms with van der Waals surface area (Å²) in [5.74, 6) is -7.38. The second kappa shape index (κ2) is 23.3. The van der Waals surface area contributed by atoms with Gasteiger partial charge in [0, 0.05) is 20.5 Å². The van der Waals surface area contributed by atoms with Crippen molar-refractivity contribution < 1.29 is 73.0 Å². The number of ether oxygens (including phenoxy) is 3. The van der Waals surface area contributed by atoms with E-state index in [1.165, 1.54) is 41.7 Å². The van der Waals surface area contributed by atoms with Crippen molar-refractivity contribution >= 4 is 47.4 Å². The van der Waals surface area contributed by atoms with Gasteiger partial charge in [0.1, 0.15) is 60.7 Å². The summed E-state index contributed by atoms with van der Waals surface area (Å²) in [6.45, 7) is 5.97. The SMILES string of the molecule is CO[C@@H]1O[C@H](CO)[C@@H](O)[C@H](O[C@@H](C)C(=O)N[C@@H](C)C(=O)N[C@H](CCC(=O)N[C@@H](CCCCN)C(=O)N[C@H](C)C(=O)N[C@H](C)C(=O)O)C(=O)O)[C@H]1NC(C)=O. The molecule has 0 aromatic carbocycles. The van der Waals surface area contributed by atoms with Gasteiger partial charge in [-0.15, -0.1) is 0 Å². The predicted molar refractivity (Wildman–Crippen MR) is 185 cm³/mol. The van der Waals surface area contributed by atoms with Crippen LogP contribution in [0.2, 0.25) is 0 Å². The molecule has 1 rings (SSSR count). The van der Waals surface area contributed by atoms with Gasteiger partial charge in [-0.1, -0.05) is 0 Å². The monoisotopic (exact) mass is 777 g/mol. The number of hydrogen-bond donors (Lipinski definition) is 11. The van der Waals surface area contributed by atoms with Crippen molar-refractivity contribution in [2.24, 2.45) is 5.73 Å². The third kappa shape index (κ3) is 15.5. The van der Waals surface area contributed by atoms with Crippen molar-refractivity contribution in [3.63, 3.8) is 0 Å². The van der Waals surface area contributed by atoms with Crippen LogP contribution in [-0.4, -0.2) is 155 Å². The minimum absolute atomic E-state index is 0.115. The Kier molecular flexibility index (Phi) is 20.5. The molecular formula is C32H55N7O15. The van der Waals surface area contributed by atoms with Gasteiger partial charge >= 0.3 is 11.9 Å². The molecule has 1 aliphatic heterocycles. The van der Waals surface area contributed by atoms with Crippen LogP contribution >= 0.6 is 0 Å². The van der Waals surface area contributed by atoms with E-state index in [1.54, 1.807) is 0 Å². The van der Waals surface area contributed by atoms with Crippen molar-refractivity contribution in [1.82, 2.24) is 31.9 Å². The van der Waals surface area contributed by atoms with E-state index < -0.39 is 134 Å². The Morgan fingerprint density at radius 1 is 0.759 bits per heavy atom. The molecule has 0 spiro atoms. The van der Waals surface area contributed by atoms with Crippen LogP contribution in [0, 0.1) is 0 Å². The smallest absolute Gasteiger partial charge is 0.326 e. The van der Waals surface area contributed by atoms with E-state index in [0.29, 0.717) is 19.4 Å². The maximum Gasteiger partial charge on any atom is 0.326 e. The largest absolute Gasteiger partial charge is 0.480 e. The molecule has 1 aliphatic rings. The number of nitrogens with two attached hydrogens (primary N) is 1. The van der Waals surface area contributed by atoms with Crippen molar-refractivity contribution in [2.75, 3.05) is 20.3 Å². The van der Waals surface area contributed by atoms with Crippen molar-refractivity contribution in [3.05, 3.63) is 0 Å². The Morgan fingerprint density at radius 3 is 1.85 bits per heavy atom. The molecule has 0 unspecified atom stereocenters. The molecule has 6 amide bonds. The van der Waals surface area contributed by atoms with Gasteiger partial charge in [0.05, 0.1) is 6.61 Å². The minimum Gasteiger partial charge on any atom is -0.480 e. The number of carbonyl (C=O) groups excluding carboxylic acids is 6. The van der Waals surface area contributed by atoms with Gasteiger partial charge in [0.15, 0.2) is 6.29 Å². The molecule has 0 aromatic rings. The third-order valence-electron chi connectivity index (χ3n) is 8.29. The zero-order valence-corrected chi connectivity index (χ0v) is 31.2. The fourth-order valence-corrected chi connectivity index (χ4v) is 5.15. The fraction of sp³-hybridized carbons (Fsp3) is 0.750. The van der Waals surface area contributed by atoms with Gasteiger partial charge in [-0.25, -0.2) is 4.79 Å². The second-order valence-electron chi connectivity index (χ2n) is 12.8. The molecule has 54 heavy (non-hydrogen) atoms. The van der Waals surface area contributed by atoms with Crippen molar-refractivity contribution in [3.8, 4) is 0 Å². The van der Waals surface area contributed by atoms with Crippen LogP contribution in [0.4, 0.5) is 0 Å². The molecule has 0 aromatic heterocycles. The van der Waals surface area contributed by atoms with Gasteiger partial charge in [-0.3, -0.25) is 33.6 Å². The van der Waals surface area contributed by atoms with Crippen molar-refractivity contribution in [1.29, 1.82) is 0 Å². The number of aliphatic hydroxyl groups excluding tert-OH is 2. The molecule has 22 nitrogen and oxygen atoms in total. The molecule has 1 saturated heterocycles. The summed E-state index contributed by atoms with van der Waals surface area (Å²) in [5, 5.41) is 53.3. The average Bonchev–Trinajstić information content (AvgIpc) is 3.10. The molecule has 11 atom stereocenters. The molecule has 1 fully saturated rings. The molecule has 0 bridgehead atoms. The minimum atomic E-state index is -1.60. The Hall–Kier alpha value is -4.48. The van der Waals surface area contributed by atoms with E-state index in [-0.39, 0.29) is 6.42 Å². The van der Waals surface area contributed by atoms with E-state index in [0.717, 1.165) is 0 Å². The Balaban J connectivity index is 2.86. The summed E-state index contributed by atoms with van der Waals surface area (Å²) in [7, 11) is 1.26. The summed E-state index contributed by atoms with van der Waals surface area (Å²) in [6, 6.07) is -7.56. The molecular weight excluding hydrogens is 722 g/mol. The molecule has 0 aliphatic carbocycles. The third-order valence-corrected chi connectivity index (χ3v) is 8.29. The highest BCUT2D eigenvalue weighted by Crippen LogP contribution is 2.25. The maximum atomic E-state index is 13.0. The number of amides is 6. The number of nitrogens with one attached hydrogen (secondary N) is 6. The molecule has 308 valence electrons. The predicted octanol–water partition coefficient (Wildman–Crippen LogP) is -4.45. The Morgan fingerprint density at radius 2 is 1.33 bits per heavy atom. The number of carboxylic acids is 2. The van der Waals surface area contributed by atoms with Crippen molar-refractivity contribution in [2.45, 2.75) is 134 Å². The molecule has 0 radical (unpaired) electrons. The average molecular weight is 778 g/mol. The van der Waals surface area contributed by atoms with Gasteiger partial charge in [0.25, 0.3) is 0 Å². The van der Waals surface area contributed by atoms with Gasteiger partial charge in [0.2, 0.25) is 35.4 Å². The van der Waals surface area contributed by atoms with E-state index in [9.17, 15) is 53.7 Å². The first-order valence-corrected chi connectivity index (χ1v) is 17.3. The lowest BCUT2D eigenvalue weighted by atomic mass is 9.96. The number of unbranched alkanes of at least 4 members (excludes halogenated alkanes) is 1. The van der Waals surface area contributed by atoms with E-state index in [2.05, 4.69) is 31.9 Å². The molecule has 1 heterocycles. The standard InChI is InChI=1S/C32H55N7O15/c1-14(26(44)36-16(3)30(48)49)35-29(47)19(9-7-8-12-33)38-22(42)11-10-20(31(50)51)39-27(45)15(2)34-28(46)17(4)53-25-23(37-18(5)41)32(52-6)54-21(13-40)24(25)43/h14-17,19-21,23-25,32,40,43H,7-13,33H2,1-6H3,(H,34,46)(H,35,47)(H,36,44)(H,37,41)(H,38,42)(H,39,45)(H,48,49)(H,50,51)/t14-,15+,16-,17+,19+,20-,21-,23-,24-,25-,32-/m1/s1. The zero-order valence-electron chi connectivity index (χ0n) is 31.2. The van der Waals surface area contributed by atoms with Crippen LogP contribution in [0.15, 0.2) is 0 Å². The van der Waals surface area contributed by atoms with Crippen LogP contribution in [0.5, 0.6) is 0 Å². The van der Waals surface area contributed by atoms with Gasteiger partial charge < -0.3 is 72.3 Å². The normalized spacial score (nSPS) is 22.9.